The van der Waals surface area contributed by atoms with Crippen molar-refractivity contribution in [1.82, 2.24) is 9.21 Å². The van der Waals surface area contributed by atoms with Gasteiger partial charge in [-0.05, 0) is 18.9 Å². The van der Waals surface area contributed by atoms with E-state index >= 15 is 0 Å². The van der Waals surface area contributed by atoms with Crippen molar-refractivity contribution in [3.8, 4) is 0 Å². The van der Waals surface area contributed by atoms with Crippen LogP contribution in [0.25, 0.3) is 0 Å². The van der Waals surface area contributed by atoms with Gasteiger partial charge >= 0.3 is 0 Å². The molecule has 0 aliphatic carbocycles. The highest BCUT2D eigenvalue weighted by atomic mass is 32.2. The van der Waals surface area contributed by atoms with Crippen molar-refractivity contribution in [2.24, 2.45) is 5.92 Å². The maximum atomic E-state index is 13.7. The number of carbonyl (C=O) groups excluding carboxylic acids is 1. The topological polar surface area (TPSA) is 57.7 Å². The van der Waals surface area contributed by atoms with E-state index in [0.717, 1.165) is 18.4 Å². The Morgan fingerprint density at radius 2 is 2.09 bits per heavy atom. The fourth-order valence-electron chi connectivity index (χ4n) is 2.74. The third-order valence-electron chi connectivity index (χ3n) is 4.00. The van der Waals surface area contributed by atoms with E-state index in [0.29, 0.717) is 19.4 Å². The SMILES string of the molecule is CN(Cc1ccc(F)cc1F)C(=O)C1CCCN(S(C)(=O)=O)C1. The molecule has 2 rings (SSSR count). The molecule has 23 heavy (non-hydrogen) atoms. The van der Waals surface area contributed by atoms with Crippen molar-refractivity contribution < 1.29 is 22.0 Å². The summed E-state index contributed by atoms with van der Waals surface area (Å²) in [5.41, 5.74) is 0.220. The summed E-state index contributed by atoms with van der Waals surface area (Å²) in [6.45, 7) is 0.577. The first-order chi connectivity index (χ1) is 10.7. The Bertz CT molecular complexity index is 694. The zero-order valence-corrected chi connectivity index (χ0v) is 13.9. The van der Waals surface area contributed by atoms with Gasteiger partial charge in [-0.15, -0.1) is 0 Å². The Hall–Kier alpha value is -1.54. The smallest absolute Gasteiger partial charge is 0.227 e. The summed E-state index contributed by atoms with van der Waals surface area (Å²) in [5, 5.41) is 0. The number of nitrogens with zero attached hydrogens (tertiary/aromatic N) is 2. The number of hydrogen-bond donors (Lipinski definition) is 0. The molecule has 5 nitrogen and oxygen atoms in total. The van der Waals surface area contributed by atoms with E-state index in [-0.39, 0.29) is 24.6 Å². The molecule has 1 atom stereocenters. The van der Waals surface area contributed by atoms with Crippen LogP contribution in [0.1, 0.15) is 18.4 Å². The minimum Gasteiger partial charge on any atom is -0.341 e. The summed E-state index contributed by atoms with van der Waals surface area (Å²) in [7, 11) is -1.80. The molecule has 1 amide bonds. The van der Waals surface area contributed by atoms with Gasteiger partial charge in [-0.25, -0.2) is 21.5 Å². The van der Waals surface area contributed by atoms with Crippen molar-refractivity contribution in [3.05, 3.63) is 35.4 Å². The molecule has 1 unspecified atom stereocenters. The highest BCUT2D eigenvalue weighted by Gasteiger charge is 2.31. The summed E-state index contributed by atoms with van der Waals surface area (Å²) < 4.78 is 51.1. The van der Waals surface area contributed by atoms with Gasteiger partial charge in [-0.1, -0.05) is 6.07 Å². The highest BCUT2D eigenvalue weighted by Crippen LogP contribution is 2.21. The minimum atomic E-state index is -3.33. The van der Waals surface area contributed by atoms with Gasteiger partial charge in [0.1, 0.15) is 11.6 Å². The molecule has 0 spiro atoms. The molecular formula is C15H20F2N2O3S. The molecule has 1 fully saturated rings. The third kappa shape index (κ3) is 4.48. The van der Waals surface area contributed by atoms with Crippen LogP contribution < -0.4 is 0 Å². The van der Waals surface area contributed by atoms with Crippen molar-refractivity contribution in [2.75, 3.05) is 26.4 Å². The lowest BCUT2D eigenvalue weighted by molar-refractivity contribution is -0.135. The summed E-state index contributed by atoms with van der Waals surface area (Å²) in [4.78, 5) is 13.8. The second kappa shape index (κ2) is 6.92. The summed E-state index contributed by atoms with van der Waals surface area (Å²) in [5.74, 6) is -2.04. The van der Waals surface area contributed by atoms with Crippen LogP contribution in [-0.2, 0) is 21.4 Å². The van der Waals surface area contributed by atoms with E-state index in [9.17, 15) is 22.0 Å². The largest absolute Gasteiger partial charge is 0.341 e. The molecule has 1 aliphatic rings. The molecule has 1 aromatic rings. The number of sulfonamides is 1. The van der Waals surface area contributed by atoms with E-state index in [2.05, 4.69) is 0 Å². The Kier molecular flexibility index (Phi) is 5.36. The van der Waals surface area contributed by atoms with Gasteiger partial charge in [0.05, 0.1) is 12.2 Å². The van der Waals surface area contributed by atoms with Gasteiger partial charge in [0, 0.05) is 38.3 Å². The second-order valence-electron chi connectivity index (χ2n) is 5.89. The van der Waals surface area contributed by atoms with Crippen LogP contribution in [0.5, 0.6) is 0 Å². The van der Waals surface area contributed by atoms with Crippen LogP contribution in [-0.4, -0.2) is 49.9 Å². The van der Waals surface area contributed by atoms with Crippen LogP contribution in [0.4, 0.5) is 8.78 Å². The van der Waals surface area contributed by atoms with Gasteiger partial charge < -0.3 is 4.90 Å². The molecule has 0 aromatic heterocycles. The standard InChI is InChI=1S/C15H20F2N2O3S/c1-18(9-11-5-6-13(16)8-14(11)17)15(20)12-4-3-7-19(10-12)23(2,21)22/h5-6,8,12H,3-4,7,9-10H2,1-2H3. The zero-order valence-electron chi connectivity index (χ0n) is 13.1. The van der Waals surface area contributed by atoms with Crippen LogP contribution in [0.15, 0.2) is 18.2 Å². The first-order valence-electron chi connectivity index (χ1n) is 7.32. The van der Waals surface area contributed by atoms with Gasteiger partial charge in [-0.2, -0.15) is 0 Å². The molecule has 1 saturated heterocycles. The molecule has 128 valence electrons. The molecule has 0 N–H and O–H groups in total. The van der Waals surface area contributed by atoms with Crippen LogP contribution >= 0.6 is 0 Å². The lowest BCUT2D eigenvalue weighted by Crippen LogP contribution is -2.45. The van der Waals surface area contributed by atoms with Gasteiger partial charge in [0.25, 0.3) is 0 Å². The predicted octanol–water partition coefficient (Wildman–Crippen LogP) is 1.59. The lowest BCUT2D eigenvalue weighted by atomic mass is 9.98. The molecule has 8 heteroatoms. The Morgan fingerprint density at radius 1 is 1.39 bits per heavy atom. The summed E-state index contributed by atoms with van der Waals surface area (Å²) in [6.07, 6.45) is 2.33. The van der Waals surface area contributed by atoms with E-state index in [1.807, 2.05) is 0 Å². The Morgan fingerprint density at radius 3 is 2.70 bits per heavy atom. The number of benzene rings is 1. The number of hydrogen-bond acceptors (Lipinski definition) is 3. The van der Waals surface area contributed by atoms with E-state index < -0.39 is 27.6 Å². The van der Waals surface area contributed by atoms with Crippen molar-refractivity contribution >= 4 is 15.9 Å². The molecule has 1 aromatic carbocycles. The number of halogens is 2. The average Bonchev–Trinajstić information content (AvgIpc) is 2.48. The fourth-order valence-corrected chi connectivity index (χ4v) is 3.65. The normalized spacial score (nSPS) is 19.6. The van der Waals surface area contributed by atoms with E-state index in [1.165, 1.54) is 22.3 Å². The average molecular weight is 346 g/mol. The maximum absolute atomic E-state index is 13.7. The van der Waals surface area contributed by atoms with Crippen LogP contribution in [0.2, 0.25) is 0 Å². The number of rotatable bonds is 4. The third-order valence-corrected chi connectivity index (χ3v) is 5.27. The number of piperidine rings is 1. The van der Waals surface area contributed by atoms with Crippen LogP contribution in [0.3, 0.4) is 0 Å². The fraction of sp³-hybridized carbons (Fsp3) is 0.533. The van der Waals surface area contributed by atoms with Crippen molar-refractivity contribution in [1.29, 1.82) is 0 Å². The molecule has 0 bridgehead atoms. The minimum absolute atomic E-state index is 0.0142. The van der Waals surface area contributed by atoms with Gasteiger partial charge in [-0.3, -0.25) is 4.79 Å². The molecule has 0 radical (unpaired) electrons. The maximum Gasteiger partial charge on any atom is 0.227 e. The van der Waals surface area contributed by atoms with Gasteiger partial charge in [0.2, 0.25) is 15.9 Å². The molecular weight excluding hydrogens is 326 g/mol. The predicted molar refractivity (Wildman–Crippen MR) is 82.0 cm³/mol. The van der Waals surface area contributed by atoms with Crippen molar-refractivity contribution in [2.45, 2.75) is 19.4 Å². The molecule has 1 heterocycles. The Balaban J connectivity index is 2.04. The lowest BCUT2D eigenvalue weighted by Gasteiger charge is -2.32. The zero-order chi connectivity index (χ0) is 17.2. The van der Waals surface area contributed by atoms with Gasteiger partial charge in [0.15, 0.2) is 0 Å². The Labute approximate surface area is 134 Å². The quantitative estimate of drug-likeness (QED) is 0.832. The molecule has 0 saturated carbocycles. The van der Waals surface area contributed by atoms with Crippen LogP contribution in [0, 0.1) is 17.6 Å². The first kappa shape index (κ1) is 17.8. The monoisotopic (exact) mass is 346 g/mol. The summed E-state index contributed by atoms with van der Waals surface area (Å²) in [6, 6.07) is 3.22. The molecule has 1 aliphatic heterocycles. The van der Waals surface area contributed by atoms with E-state index in [1.54, 1.807) is 0 Å². The summed E-state index contributed by atoms with van der Waals surface area (Å²) >= 11 is 0. The highest BCUT2D eigenvalue weighted by molar-refractivity contribution is 7.88. The van der Waals surface area contributed by atoms with Crippen molar-refractivity contribution in [3.63, 3.8) is 0 Å². The van der Waals surface area contributed by atoms with E-state index in [4.69, 9.17) is 0 Å². The second-order valence-corrected chi connectivity index (χ2v) is 7.87. The number of carbonyl (C=O) groups is 1. The number of amides is 1. The first-order valence-corrected chi connectivity index (χ1v) is 9.17.